The maximum atomic E-state index is 7.35. The molecule has 0 N–H and O–H groups in total. The summed E-state index contributed by atoms with van der Waals surface area (Å²) in [7, 11) is -2.28. The van der Waals surface area contributed by atoms with E-state index >= 15 is 0 Å². The SMILES string of the molecule is [Au+].[Au+].[C-]#Cc1cccc2ccc3ccccc3c12.[C-]#Cc1cccc2ccc3ccccc3c12.c1ccc([PH+](c2ccccc2)c2ccccc2[PH+](c2ccccc2)c2ccccc2)cc1. The molecular weight excluding hydrogens is 1200 g/mol. The van der Waals surface area contributed by atoms with Gasteiger partial charge >= 0.3 is 44.8 Å². The van der Waals surface area contributed by atoms with Gasteiger partial charge in [-0.1, -0.05) is 193 Å². The summed E-state index contributed by atoms with van der Waals surface area (Å²) in [5.74, 6) is 5.02. The van der Waals surface area contributed by atoms with Crippen molar-refractivity contribution >= 4 is 90.8 Å². The van der Waals surface area contributed by atoms with Crippen molar-refractivity contribution in [3.05, 3.63) is 279 Å². The Bertz CT molecular complexity index is 3110. The standard InChI is InChI=1S/C30H24P2.2C16H9.2Au/c1-5-15-25(16-6-1)31(26-17-7-2-8-18-26)29-23-13-14-24-30(29)32(27-19-9-3-10-20-27)28-21-11-4-12-22-28;2*1-2-12-7-5-8-14-11-10-13-6-3-4-9-15(13)16(12)14;;/h1-24H;2*3-11H;;/q;2*-1;2*+1/p+2. The molecule has 0 fully saturated rings. The first-order chi connectivity index (χ1) is 31.7. The third-order valence-electron chi connectivity index (χ3n) is 11.5. The van der Waals surface area contributed by atoms with Gasteiger partial charge in [-0.05, 0) is 93.0 Å². The van der Waals surface area contributed by atoms with Crippen LogP contribution in [0.4, 0.5) is 0 Å². The van der Waals surface area contributed by atoms with Crippen LogP contribution in [0.15, 0.2) is 255 Å². The molecule has 0 bridgehead atoms. The zero-order valence-corrected chi connectivity index (χ0v) is 42.2. The minimum Gasteiger partial charge on any atom is -0.366 e. The predicted octanol–water partition coefficient (Wildman–Crippen LogP) is 12.5. The Balaban J connectivity index is 0.000000160. The molecule has 66 heavy (non-hydrogen) atoms. The van der Waals surface area contributed by atoms with Gasteiger partial charge in [0.05, 0.1) is 0 Å². The Hall–Kier alpha value is -6.08. The first-order valence-corrected chi connectivity index (χ1v) is 24.4. The summed E-state index contributed by atoms with van der Waals surface area (Å²) in [6, 6.07) is 90.3. The molecule has 0 spiro atoms. The van der Waals surface area contributed by atoms with Crippen LogP contribution in [-0.4, -0.2) is 0 Å². The molecule has 4 heteroatoms. The molecule has 0 atom stereocenters. The molecule has 0 unspecified atom stereocenters. The molecule has 11 rings (SSSR count). The smallest absolute Gasteiger partial charge is 0.366 e. The Labute approximate surface area is 422 Å². The summed E-state index contributed by atoms with van der Waals surface area (Å²) >= 11 is 0. The first-order valence-electron chi connectivity index (χ1n) is 21.4. The maximum absolute atomic E-state index is 7.35. The van der Waals surface area contributed by atoms with E-state index in [0.717, 1.165) is 32.7 Å². The average Bonchev–Trinajstić information content (AvgIpc) is 3.38. The molecule has 0 radical (unpaired) electrons. The van der Waals surface area contributed by atoms with Gasteiger partial charge in [-0.15, -0.1) is 23.3 Å². The van der Waals surface area contributed by atoms with E-state index in [1.165, 1.54) is 53.4 Å². The molecule has 0 heterocycles. The van der Waals surface area contributed by atoms with Crippen molar-refractivity contribution in [2.75, 3.05) is 0 Å². The second-order valence-electron chi connectivity index (χ2n) is 15.4. The number of fused-ring (bicyclic) bond motifs is 6. The van der Waals surface area contributed by atoms with Crippen LogP contribution in [-0.2, 0) is 44.8 Å². The van der Waals surface area contributed by atoms with E-state index in [0.29, 0.717) is 0 Å². The van der Waals surface area contributed by atoms with E-state index < -0.39 is 15.8 Å². The topological polar surface area (TPSA) is 0 Å². The quantitative estimate of drug-likeness (QED) is 0.0512. The molecule has 0 aliphatic heterocycles. The molecule has 0 amide bonds. The van der Waals surface area contributed by atoms with Gasteiger partial charge in [0.15, 0.2) is 0 Å². The Morgan fingerprint density at radius 2 is 0.530 bits per heavy atom. The minimum absolute atomic E-state index is 0. The summed E-state index contributed by atoms with van der Waals surface area (Å²) < 4.78 is 0. The van der Waals surface area contributed by atoms with Crippen molar-refractivity contribution in [3.8, 4) is 11.8 Å². The molecule has 0 saturated heterocycles. The van der Waals surface area contributed by atoms with E-state index in [1.807, 2.05) is 48.5 Å². The van der Waals surface area contributed by atoms with Gasteiger partial charge in [0, 0.05) is 0 Å². The van der Waals surface area contributed by atoms with E-state index in [-0.39, 0.29) is 44.8 Å². The first kappa shape index (κ1) is 47.9. The second-order valence-corrected chi connectivity index (χ2v) is 20.3. The number of hydrogen-bond acceptors (Lipinski definition) is 0. The summed E-state index contributed by atoms with van der Waals surface area (Å²) in [4.78, 5) is 0. The van der Waals surface area contributed by atoms with Crippen molar-refractivity contribution in [3.63, 3.8) is 0 Å². The van der Waals surface area contributed by atoms with Crippen molar-refractivity contribution in [2.24, 2.45) is 0 Å². The fraction of sp³-hybridized carbons (Fsp3) is 0. The Kier molecular flexibility index (Phi) is 17.0. The number of hydrogen-bond donors (Lipinski definition) is 0. The third kappa shape index (κ3) is 10.6. The molecule has 322 valence electrons. The average molecular weight is 1240 g/mol. The van der Waals surface area contributed by atoms with Crippen LogP contribution in [0.2, 0.25) is 0 Å². The zero-order valence-electron chi connectivity index (χ0n) is 35.9. The van der Waals surface area contributed by atoms with Crippen LogP contribution in [0.1, 0.15) is 11.1 Å². The molecule has 0 aromatic heterocycles. The monoisotopic (exact) mass is 1240 g/mol. The maximum Gasteiger partial charge on any atom is 1.00 e. The summed E-state index contributed by atoms with van der Waals surface area (Å²) in [5.41, 5.74) is 1.71. The Morgan fingerprint density at radius 3 is 0.864 bits per heavy atom. The van der Waals surface area contributed by atoms with Crippen molar-refractivity contribution < 1.29 is 44.8 Å². The Morgan fingerprint density at radius 1 is 0.258 bits per heavy atom. The summed E-state index contributed by atoms with van der Waals surface area (Å²) in [5, 5.41) is 18.1. The molecular formula is C62H44Au2P2+2. The van der Waals surface area contributed by atoms with Crippen molar-refractivity contribution in [1.29, 1.82) is 0 Å². The van der Waals surface area contributed by atoms with E-state index in [2.05, 4.69) is 218 Å². The van der Waals surface area contributed by atoms with Gasteiger partial charge in [0.2, 0.25) is 0 Å². The summed E-state index contributed by atoms with van der Waals surface area (Å²) in [6.45, 7) is 0. The van der Waals surface area contributed by atoms with Crippen LogP contribution in [0.5, 0.6) is 0 Å². The molecule has 0 aliphatic carbocycles. The molecule has 0 aliphatic rings. The molecule has 0 nitrogen and oxygen atoms in total. The number of benzene rings is 11. The largest absolute Gasteiger partial charge is 1.00 e. The van der Waals surface area contributed by atoms with Gasteiger partial charge in [-0.25, -0.2) is 0 Å². The van der Waals surface area contributed by atoms with Crippen molar-refractivity contribution in [2.45, 2.75) is 0 Å². The van der Waals surface area contributed by atoms with E-state index in [4.69, 9.17) is 12.8 Å². The third-order valence-corrected chi connectivity index (χ3v) is 17.4. The van der Waals surface area contributed by atoms with Crippen LogP contribution in [0.25, 0.3) is 43.1 Å². The second kappa shape index (κ2) is 23.4. The van der Waals surface area contributed by atoms with Crippen LogP contribution >= 0.6 is 15.8 Å². The van der Waals surface area contributed by atoms with Gasteiger partial charge in [0.1, 0.15) is 47.7 Å². The van der Waals surface area contributed by atoms with Crippen molar-refractivity contribution in [1.82, 2.24) is 0 Å². The van der Waals surface area contributed by atoms with Gasteiger partial charge in [0.25, 0.3) is 0 Å². The fourth-order valence-corrected chi connectivity index (χ4v) is 14.6. The molecule has 11 aromatic rings. The minimum atomic E-state index is -1.14. The van der Waals surface area contributed by atoms with Crippen LogP contribution in [0.3, 0.4) is 0 Å². The fourth-order valence-electron chi connectivity index (χ4n) is 8.62. The van der Waals surface area contributed by atoms with Crippen LogP contribution < -0.4 is 31.8 Å². The van der Waals surface area contributed by atoms with Gasteiger partial charge in [-0.3, -0.25) is 11.8 Å². The molecule has 11 aromatic carbocycles. The zero-order chi connectivity index (χ0) is 43.5. The summed E-state index contributed by atoms with van der Waals surface area (Å²) in [6.07, 6.45) is 14.7. The predicted molar refractivity (Wildman–Crippen MR) is 282 cm³/mol. The number of rotatable bonds is 6. The van der Waals surface area contributed by atoms with Crippen LogP contribution in [0, 0.1) is 24.7 Å². The normalized spacial score (nSPS) is 10.4. The van der Waals surface area contributed by atoms with Gasteiger partial charge in [-0.2, -0.15) is 0 Å². The van der Waals surface area contributed by atoms with Gasteiger partial charge < -0.3 is 12.8 Å². The van der Waals surface area contributed by atoms with E-state index in [1.54, 1.807) is 0 Å². The van der Waals surface area contributed by atoms with E-state index in [9.17, 15) is 0 Å². The molecule has 0 saturated carbocycles.